The lowest BCUT2D eigenvalue weighted by atomic mass is 10.2. The van der Waals surface area contributed by atoms with Gasteiger partial charge in [-0.15, -0.1) is 0 Å². The van der Waals surface area contributed by atoms with Gasteiger partial charge in [-0.25, -0.2) is 4.79 Å². The van der Waals surface area contributed by atoms with Gasteiger partial charge in [0.1, 0.15) is 6.61 Å². The Balaban J connectivity index is 1.88. The number of carbonyl (C=O) groups is 1. The fourth-order valence-electron chi connectivity index (χ4n) is 1.75. The fraction of sp³-hybridized carbons (Fsp3) is 0.133. The van der Waals surface area contributed by atoms with Crippen molar-refractivity contribution < 1.29 is 14.5 Å². The first-order valence-electron chi connectivity index (χ1n) is 6.43. The zero-order chi connectivity index (χ0) is 15.9. The Morgan fingerprint density at radius 2 is 1.95 bits per heavy atom. The summed E-state index contributed by atoms with van der Waals surface area (Å²) < 4.78 is 5.04. The normalized spacial score (nSPS) is 10.0. The molecule has 0 fully saturated rings. The van der Waals surface area contributed by atoms with E-state index in [0.717, 1.165) is 5.56 Å². The molecule has 0 aliphatic rings. The Labute approximate surface area is 131 Å². The standard InChI is InChI=1S/C15H13ClN2O4/c16-14-7-6-13(18(20)21)8-12(14)9-17-15(19)22-10-11-4-2-1-3-5-11/h1-8H,9-10H2,(H,17,19). The molecule has 0 saturated carbocycles. The minimum absolute atomic E-state index is 0.0497. The predicted octanol–water partition coefficient (Wildman–Crippen LogP) is 3.67. The minimum Gasteiger partial charge on any atom is -0.445 e. The van der Waals surface area contributed by atoms with Gasteiger partial charge < -0.3 is 10.1 Å². The van der Waals surface area contributed by atoms with Crippen molar-refractivity contribution in [1.29, 1.82) is 0 Å². The second-order valence-electron chi connectivity index (χ2n) is 4.45. The molecule has 0 saturated heterocycles. The minimum atomic E-state index is -0.619. The van der Waals surface area contributed by atoms with Gasteiger partial charge in [0, 0.05) is 23.7 Å². The highest BCUT2D eigenvalue weighted by Gasteiger charge is 2.11. The number of carbonyl (C=O) groups excluding carboxylic acids is 1. The number of nitrogens with zero attached hydrogens (tertiary/aromatic N) is 1. The van der Waals surface area contributed by atoms with Gasteiger partial charge in [0.05, 0.1) is 4.92 Å². The molecule has 1 amide bonds. The van der Waals surface area contributed by atoms with E-state index in [1.165, 1.54) is 18.2 Å². The van der Waals surface area contributed by atoms with Crippen LogP contribution in [0.1, 0.15) is 11.1 Å². The van der Waals surface area contributed by atoms with E-state index >= 15 is 0 Å². The summed E-state index contributed by atoms with van der Waals surface area (Å²) in [5.74, 6) is 0. The molecule has 2 rings (SSSR count). The first-order valence-corrected chi connectivity index (χ1v) is 6.81. The van der Waals surface area contributed by atoms with E-state index in [2.05, 4.69) is 5.32 Å². The Kier molecular flexibility index (Phi) is 5.32. The smallest absolute Gasteiger partial charge is 0.407 e. The van der Waals surface area contributed by atoms with E-state index in [0.29, 0.717) is 10.6 Å². The van der Waals surface area contributed by atoms with Gasteiger partial charge in [-0.05, 0) is 17.2 Å². The lowest BCUT2D eigenvalue weighted by Crippen LogP contribution is -2.23. The van der Waals surface area contributed by atoms with Gasteiger partial charge in [0.2, 0.25) is 0 Å². The largest absolute Gasteiger partial charge is 0.445 e. The first-order chi connectivity index (χ1) is 10.6. The van der Waals surface area contributed by atoms with E-state index in [-0.39, 0.29) is 18.8 Å². The Hall–Kier alpha value is -2.60. The molecule has 2 aromatic carbocycles. The number of nitro groups is 1. The van der Waals surface area contributed by atoms with Crippen LogP contribution in [0.3, 0.4) is 0 Å². The zero-order valence-corrected chi connectivity index (χ0v) is 12.2. The lowest BCUT2D eigenvalue weighted by Gasteiger charge is -2.08. The van der Waals surface area contributed by atoms with Crippen LogP contribution in [0.15, 0.2) is 48.5 Å². The van der Waals surface area contributed by atoms with Crippen LogP contribution in [0.25, 0.3) is 0 Å². The molecule has 0 heterocycles. The number of rotatable bonds is 5. The van der Waals surface area contributed by atoms with Gasteiger partial charge in [-0.3, -0.25) is 10.1 Å². The number of alkyl carbamates (subject to hydrolysis) is 1. The van der Waals surface area contributed by atoms with Crippen LogP contribution in [-0.4, -0.2) is 11.0 Å². The van der Waals surface area contributed by atoms with Crippen LogP contribution in [0.2, 0.25) is 5.02 Å². The third-order valence-electron chi connectivity index (χ3n) is 2.88. The van der Waals surface area contributed by atoms with E-state index in [1.807, 2.05) is 30.3 Å². The number of halogens is 1. The van der Waals surface area contributed by atoms with Gasteiger partial charge in [-0.1, -0.05) is 41.9 Å². The van der Waals surface area contributed by atoms with Gasteiger partial charge in [-0.2, -0.15) is 0 Å². The molecule has 0 bridgehead atoms. The second-order valence-corrected chi connectivity index (χ2v) is 4.86. The van der Waals surface area contributed by atoms with Crippen LogP contribution < -0.4 is 5.32 Å². The second kappa shape index (κ2) is 7.42. The van der Waals surface area contributed by atoms with Gasteiger partial charge in [0.15, 0.2) is 0 Å². The highest BCUT2D eigenvalue weighted by atomic mass is 35.5. The predicted molar refractivity (Wildman–Crippen MR) is 81.6 cm³/mol. The van der Waals surface area contributed by atoms with E-state index in [1.54, 1.807) is 0 Å². The molecule has 7 heteroatoms. The van der Waals surface area contributed by atoms with Crippen LogP contribution >= 0.6 is 11.6 Å². The van der Waals surface area contributed by atoms with Crippen molar-refractivity contribution in [3.05, 3.63) is 74.8 Å². The summed E-state index contributed by atoms with van der Waals surface area (Å²) in [6.07, 6.45) is -0.619. The van der Waals surface area contributed by atoms with Crippen LogP contribution in [0.5, 0.6) is 0 Å². The van der Waals surface area contributed by atoms with Gasteiger partial charge >= 0.3 is 6.09 Å². The number of benzene rings is 2. The lowest BCUT2D eigenvalue weighted by molar-refractivity contribution is -0.384. The number of nitrogens with one attached hydrogen (secondary N) is 1. The molecule has 0 atom stereocenters. The highest BCUT2D eigenvalue weighted by molar-refractivity contribution is 6.31. The Morgan fingerprint density at radius 3 is 2.64 bits per heavy atom. The van der Waals surface area contributed by atoms with Crippen molar-refractivity contribution in [2.24, 2.45) is 0 Å². The topological polar surface area (TPSA) is 81.5 Å². The van der Waals surface area contributed by atoms with E-state index < -0.39 is 11.0 Å². The third-order valence-corrected chi connectivity index (χ3v) is 3.24. The number of ether oxygens (including phenoxy) is 1. The quantitative estimate of drug-likeness (QED) is 0.673. The summed E-state index contributed by atoms with van der Waals surface area (Å²) in [7, 11) is 0. The molecule has 0 aliphatic heterocycles. The Morgan fingerprint density at radius 1 is 1.23 bits per heavy atom. The summed E-state index contributed by atoms with van der Waals surface area (Å²) in [6, 6.07) is 13.3. The molecule has 22 heavy (non-hydrogen) atoms. The molecule has 0 aromatic heterocycles. The number of hydrogen-bond donors (Lipinski definition) is 1. The molecular weight excluding hydrogens is 308 g/mol. The van der Waals surface area contributed by atoms with Crippen molar-refractivity contribution >= 4 is 23.4 Å². The maximum Gasteiger partial charge on any atom is 0.407 e. The SMILES string of the molecule is O=C(NCc1cc([N+](=O)[O-])ccc1Cl)OCc1ccccc1. The average molecular weight is 321 g/mol. The highest BCUT2D eigenvalue weighted by Crippen LogP contribution is 2.21. The Bertz CT molecular complexity index is 676. The van der Waals surface area contributed by atoms with E-state index in [9.17, 15) is 14.9 Å². The summed E-state index contributed by atoms with van der Waals surface area (Å²) in [5.41, 5.74) is 1.23. The van der Waals surface area contributed by atoms with Crippen LogP contribution in [0, 0.1) is 10.1 Å². The van der Waals surface area contributed by atoms with Crippen molar-refractivity contribution in [2.75, 3.05) is 0 Å². The number of hydrogen-bond acceptors (Lipinski definition) is 4. The maximum absolute atomic E-state index is 11.6. The summed E-state index contributed by atoms with van der Waals surface area (Å²) >= 11 is 5.94. The fourth-order valence-corrected chi connectivity index (χ4v) is 1.94. The van der Waals surface area contributed by atoms with Crippen molar-refractivity contribution in [3.8, 4) is 0 Å². The van der Waals surface area contributed by atoms with Gasteiger partial charge in [0.25, 0.3) is 5.69 Å². The van der Waals surface area contributed by atoms with Crippen LogP contribution in [0.4, 0.5) is 10.5 Å². The molecule has 1 N–H and O–H groups in total. The molecule has 0 spiro atoms. The van der Waals surface area contributed by atoms with Crippen LogP contribution in [-0.2, 0) is 17.9 Å². The number of non-ortho nitro benzene ring substituents is 1. The summed E-state index contributed by atoms with van der Waals surface area (Å²) in [6.45, 7) is 0.198. The first kappa shape index (κ1) is 15.8. The zero-order valence-electron chi connectivity index (χ0n) is 11.5. The van der Waals surface area contributed by atoms with Crippen molar-refractivity contribution in [2.45, 2.75) is 13.2 Å². The molecule has 2 aromatic rings. The maximum atomic E-state index is 11.6. The molecule has 0 unspecified atom stereocenters. The molecule has 114 valence electrons. The number of amides is 1. The van der Waals surface area contributed by atoms with E-state index in [4.69, 9.17) is 16.3 Å². The number of nitro benzene ring substituents is 1. The monoisotopic (exact) mass is 320 g/mol. The molecule has 6 nitrogen and oxygen atoms in total. The van der Waals surface area contributed by atoms with Crippen molar-refractivity contribution in [1.82, 2.24) is 5.32 Å². The average Bonchev–Trinajstić information content (AvgIpc) is 2.53. The van der Waals surface area contributed by atoms with Crippen molar-refractivity contribution in [3.63, 3.8) is 0 Å². The summed E-state index contributed by atoms with van der Waals surface area (Å²) in [4.78, 5) is 21.8. The molecule has 0 radical (unpaired) electrons. The summed E-state index contributed by atoms with van der Waals surface area (Å²) in [5, 5.41) is 13.6. The molecule has 0 aliphatic carbocycles. The molecular formula is C15H13ClN2O4. The third kappa shape index (κ3) is 4.46.